The van der Waals surface area contributed by atoms with Gasteiger partial charge in [0.15, 0.2) is 0 Å². The molecule has 3 aliphatic carbocycles. The highest BCUT2D eigenvalue weighted by atomic mass is 14.5. The molecule has 0 radical (unpaired) electrons. The van der Waals surface area contributed by atoms with Crippen LogP contribution in [-0.4, -0.2) is 0 Å². The summed E-state index contributed by atoms with van der Waals surface area (Å²) in [6.07, 6.45) is 13.9. The van der Waals surface area contributed by atoms with Gasteiger partial charge in [0.05, 0.1) is 0 Å². The summed E-state index contributed by atoms with van der Waals surface area (Å²) in [6.45, 7) is 10.1. The van der Waals surface area contributed by atoms with E-state index >= 15 is 0 Å². The maximum absolute atomic E-state index is 2.56. The summed E-state index contributed by atoms with van der Waals surface area (Å²) in [6, 6.07) is 0. The van der Waals surface area contributed by atoms with Crippen LogP contribution in [0, 0.1) is 47.3 Å². The van der Waals surface area contributed by atoms with Crippen LogP contribution in [-0.2, 0) is 0 Å². The van der Waals surface area contributed by atoms with Crippen LogP contribution in [0.1, 0.15) is 85.5 Å². The predicted molar refractivity (Wildman–Crippen MR) is 92.2 cm³/mol. The topological polar surface area (TPSA) is 0 Å². The van der Waals surface area contributed by atoms with Crippen molar-refractivity contribution in [2.45, 2.75) is 85.5 Å². The van der Waals surface area contributed by atoms with Crippen molar-refractivity contribution in [3.05, 3.63) is 0 Å². The van der Waals surface area contributed by atoms with Gasteiger partial charge in [0.25, 0.3) is 0 Å². The van der Waals surface area contributed by atoms with Gasteiger partial charge in [0.2, 0.25) is 0 Å². The molecule has 0 spiro atoms. The van der Waals surface area contributed by atoms with Gasteiger partial charge in [-0.3, -0.25) is 0 Å². The fourth-order valence-corrected chi connectivity index (χ4v) is 6.60. The molecule has 0 amide bonds. The lowest BCUT2D eigenvalue weighted by molar-refractivity contribution is 0.106. The van der Waals surface area contributed by atoms with Gasteiger partial charge in [-0.15, -0.1) is 0 Å². The molecule has 3 aliphatic rings. The number of rotatable bonds is 2. The molecule has 0 N–H and O–H groups in total. The van der Waals surface area contributed by atoms with E-state index in [9.17, 15) is 0 Å². The van der Waals surface area contributed by atoms with Crippen LogP contribution < -0.4 is 0 Å². The zero-order valence-electron chi connectivity index (χ0n) is 15.0. The van der Waals surface area contributed by atoms with Crippen molar-refractivity contribution >= 4 is 0 Å². The molecule has 0 aromatic carbocycles. The highest BCUT2D eigenvalue weighted by Gasteiger charge is 2.45. The Balaban J connectivity index is 1.55. The lowest BCUT2D eigenvalue weighted by atomic mass is 9.66. The van der Waals surface area contributed by atoms with E-state index in [0.717, 1.165) is 47.3 Å². The molecule has 4 atom stereocenters. The molecule has 0 aromatic heterocycles. The van der Waals surface area contributed by atoms with Crippen molar-refractivity contribution in [3.63, 3.8) is 0 Å². The van der Waals surface area contributed by atoms with Crippen LogP contribution >= 0.6 is 0 Å². The first kappa shape index (κ1) is 15.9. The largest absolute Gasteiger partial charge is 0.0620 e. The zero-order chi connectivity index (χ0) is 15.0. The Morgan fingerprint density at radius 1 is 0.429 bits per heavy atom. The standard InChI is InChI=1S/C21H38/c1-14-15(2)17(4)21(16(14)3)20-12-10-19(11-13-20)18-8-6-5-7-9-18/h14-21H,5-13H2,1-4H3. The van der Waals surface area contributed by atoms with Crippen molar-refractivity contribution in [2.75, 3.05) is 0 Å². The quantitative estimate of drug-likeness (QED) is 0.541. The maximum Gasteiger partial charge on any atom is -0.0329 e. The fourth-order valence-electron chi connectivity index (χ4n) is 6.60. The van der Waals surface area contributed by atoms with Crippen molar-refractivity contribution in [1.29, 1.82) is 0 Å². The molecule has 0 saturated heterocycles. The second-order valence-corrected chi connectivity index (χ2v) is 9.09. The molecular formula is C21H38. The molecule has 0 heterocycles. The van der Waals surface area contributed by atoms with E-state index in [1.54, 1.807) is 38.5 Å². The first-order valence-corrected chi connectivity index (χ1v) is 10.1. The molecule has 0 nitrogen and oxygen atoms in total. The van der Waals surface area contributed by atoms with Crippen molar-refractivity contribution in [2.24, 2.45) is 47.3 Å². The average molecular weight is 291 g/mol. The van der Waals surface area contributed by atoms with E-state index in [-0.39, 0.29) is 0 Å². The van der Waals surface area contributed by atoms with Crippen LogP contribution in [0.4, 0.5) is 0 Å². The van der Waals surface area contributed by atoms with Gasteiger partial charge in [-0.05, 0) is 73.0 Å². The van der Waals surface area contributed by atoms with Gasteiger partial charge in [0.1, 0.15) is 0 Å². The third-order valence-electron chi connectivity index (χ3n) is 8.38. The molecule has 21 heavy (non-hydrogen) atoms. The summed E-state index contributed by atoms with van der Waals surface area (Å²) in [7, 11) is 0. The van der Waals surface area contributed by atoms with Gasteiger partial charge in [-0.2, -0.15) is 0 Å². The summed E-state index contributed by atoms with van der Waals surface area (Å²) >= 11 is 0. The molecule has 122 valence electrons. The Bertz CT molecular complexity index is 305. The van der Waals surface area contributed by atoms with Crippen LogP contribution in [0.2, 0.25) is 0 Å². The lowest BCUT2D eigenvalue weighted by Crippen LogP contribution is -2.30. The predicted octanol–water partition coefficient (Wildman–Crippen LogP) is 6.55. The van der Waals surface area contributed by atoms with Crippen molar-refractivity contribution < 1.29 is 0 Å². The summed E-state index contributed by atoms with van der Waals surface area (Å²) in [4.78, 5) is 0. The Labute approximate surface area is 133 Å². The Morgan fingerprint density at radius 3 is 1.38 bits per heavy atom. The maximum atomic E-state index is 2.56. The van der Waals surface area contributed by atoms with Crippen molar-refractivity contribution in [1.82, 2.24) is 0 Å². The van der Waals surface area contributed by atoms with Gasteiger partial charge in [-0.25, -0.2) is 0 Å². The monoisotopic (exact) mass is 290 g/mol. The summed E-state index contributed by atoms with van der Waals surface area (Å²) < 4.78 is 0. The van der Waals surface area contributed by atoms with Gasteiger partial charge in [0, 0.05) is 0 Å². The van der Waals surface area contributed by atoms with E-state index in [1.165, 1.54) is 19.3 Å². The molecule has 3 saturated carbocycles. The Kier molecular flexibility index (Phi) is 5.01. The molecule has 0 aliphatic heterocycles. The van der Waals surface area contributed by atoms with Gasteiger partial charge in [-0.1, -0.05) is 59.8 Å². The highest BCUT2D eigenvalue weighted by Crippen LogP contribution is 2.53. The third-order valence-corrected chi connectivity index (χ3v) is 8.38. The summed E-state index contributed by atoms with van der Waals surface area (Å²) in [5.74, 6) is 8.11. The second kappa shape index (κ2) is 6.63. The minimum absolute atomic E-state index is 0.945. The second-order valence-electron chi connectivity index (χ2n) is 9.09. The third kappa shape index (κ3) is 3.06. The molecule has 0 aromatic rings. The van der Waals surface area contributed by atoms with Gasteiger partial charge >= 0.3 is 0 Å². The summed E-state index contributed by atoms with van der Waals surface area (Å²) in [5, 5.41) is 0. The van der Waals surface area contributed by atoms with Crippen LogP contribution in [0.25, 0.3) is 0 Å². The van der Waals surface area contributed by atoms with Crippen LogP contribution in [0.15, 0.2) is 0 Å². The van der Waals surface area contributed by atoms with Crippen LogP contribution in [0.3, 0.4) is 0 Å². The smallest absolute Gasteiger partial charge is 0.0329 e. The fraction of sp³-hybridized carbons (Fsp3) is 1.00. The molecule has 4 unspecified atom stereocenters. The molecule has 3 rings (SSSR count). The van der Waals surface area contributed by atoms with E-state index < -0.39 is 0 Å². The van der Waals surface area contributed by atoms with Crippen LogP contribution in [0.5, 0.6) is 0 Å². The summed E-state index contributed by atoms with van der Waals surface area (Å²) in [5.41, 5.74) is 0. The lowest BCUT2D eigenvalue weighted by Gasteiger charge is -2.40. The van der Waals surface area contributed by atoms with E-state index in [4.69, 9.17) is 0 Å². The minimum Gasteiger partial charge on any atom is -0.0620 e. The average Bonchev–Trinajstić information content (AvgIpc) is 2.72. The Morgan fingerprint density at radius 2 is 0.857 bits per heavy atom. The number of hydrogen-bond donors (Lipinski definition) is 0. The van der Waals surface area contributed by atoms with Crippen molar-refractivity contribution in [3.8, 4) is 0 Å². The first-order valence-electron chi connectivity index (χ1n) is 10.1. The van der Waals surface area contributed by atoms with E-state index in [1.807, 2.05) is 0 Å². The van der Waals surface area contributed by atoms with E-state index in [0.29, 0.717) is 0 Å². The molecule has 0 bridgehead atoms. The number of hydrogen-bond acceptors (Lipinski definition) is 0. The zero-order valence-corrected chi connectivity index (χ0v) is 15.0. The Hall–Kier alpha value is 0. The molecule has 3 fully saturated rings. The van der Waals surface area contributed by atoms with E-state index in [2.05, 4.69) is 27.7 Å². The molecular weight excluding hydrogens is 252 g/mol. The first-order chi connectivity index (χ1) is 10.1. The molecule has 0 heteroatoms. The normalized spacial score (nSPS) is 49.4. The minimum atomic E-state index is 0.945. The SMILES string of the molecule is CC1C(C)C(C)C(C2CCC(C3CCCCC3)CC2)C1C. The van der Waals surface area contributed by atoms with Gasteiger partial charge < -0.3 is 0 Å². The highest BCUT2D eigenvalue weighted by molar-refractivity contribution is 4.94.